The molecule has 0 unspecified atom stereocenters. The van der Waals surface area contributed by atoms with Gasteiger partial charge < -0.3 is 10.1 Å². The van der Waals surface area contributed by atoms with Gasteiger partial charge in [-0.1, -0.05) is 45.2 Å². The first kappa shape index (κ1) is 33.2. The number of pyridine rings is 1. The van der Waals surface area contributed by atoms with Crippen molar-refractivity contribution in [3.05, 3.63) is 89.8 Å². The van der Waals surface area contributed by atoms with Crippen molar-refractivity contribution in [2.45, 2.75) is 53.3 Å². The molecule has 10 nitrogen and oxygen atoms in total. The van der Waals surface area contributed by atoms with Crippen molar-refractivity contribution >= 4 is 40.2 Å². The lowest BCUT2D eigenvalue weighted by Crippen LogP contribution is -2.31. The molecule has 3 heterocycles. The molecule has 0 atom stereocenters. The monoisotopic (exact) mass is 639 g/mol. The molecular formula is C31H32F3N7O3S. The number of alkyl halides is 3. The van der Waals surface area contributed by atoms with Gasteiger partial charge in [0, 0.05) is 12.1 Å². The van der Waals surface area contributed by atoms with E-state index in [9.17, 15) is 22.8 Å². The number of nitrogens with zero attached hydrogens (tertiary/aromatic N) is 6. The van der Waals surface area contributed by atoms with Gasteiger partial charge >= 0.3 is 12.4 Å². The number of anilines is 2. The second-order valence-corrected chi connectivity index (χ2v) is 11.2. The number of hydrogen-bond acceptors (Lipinski definition) is 7. The lowest BCUT2D eigenvalue weighted by atomic mass is 9.99. The zero-order valence-corrected chi connectivity index (χ0v) is 24.8. The minimum Gasteiger partial charge on any atom is -0.406 e. The fourth-order valence-electron chi connectivity index (χ4n) is 4.48. The molecule has 0 radical (unpaired) electrons. The quantitative estimate of drug-likeness (QED) is 0.219. The molecule has 0 aliphatic carbocycles. The molecule has 0 bridgehead atoms. The van der Waals surface area contributed by atoms with Gasteiger partial charge in [-0.25, -0.2) is 14.5 Å². The van der Waals surface area contributed by atoms with E-state index >= 15 is 0 Å². The number of urea groups is 1. The lowest BCUT2D eigenvalue weighted by molar-refractivity contribution is -0.274. The summed E-state index contributed by atoms with van der Waals surface area (Å²) in [6, 6.07) is 14.1. The Labute approximate surface area is 262 Å². The Hall–Kier alpha value is -4.72. The van der Waals surface area contributed by atoms with Crippen molar-refractivity contribution < 1.29 is 27.5 Å². The third-order valence-electron chi connectivity index (χ3n) is 6.57. The molecule has 5 rings (SSSR count). The number of hydrogen-bond donors (Lipinski definition) is 1. The smallest absolute Gasteiger partial charge is 0.406 e. The molecule has 2 aromatic carbocycles. The van der Waals surface area contributed by atoms with Crippen LogP contribution < -0.4 is 15.0 Å². The van der Waals surface area contributed by atoms with Gasteiger partial charge in [0.2, 0.25) is 5.91 Å². The summed E-state index contributed by atoms with van der Waals surface area (Å²) >= 11 is 1.22. The van der Waals surface area contributed by atoms with Gasteiger partial charge in [-0.05, 0) is 72.9 Å². The predicted octanol–water partition coefficient (Wildman–Crippen LogP) is 7.08. The van der Waals surface area contributed by atoms with Crippen LogP contribution in [-0.2, 0) is 17.6 Å². The average Bonchev–Trinajstić information content (AvgIpc) is 3.58. The third kappa shape index (κ3) is 8.47. The molecule has 1 N–H and O–H groups in total. The van der Waals surface area contributed by atoms with Crippen molar-refractivity contribution in [3.63, 3.8) is 0 Å². The van der Waals surface area contributed by atoms with E-state index < -0.39 is 12.4 Å². The van der Waals surface area contributed by atoms with Gasteiger partial charge in [0.05, 0.1) is 29.0 Å². The minimum absolute atomic E-state index is 0. The number of aliphatic imine (C=N–C) groups is 1. The minimum atomic E-state index is -4.76. The maximum atomic E-state index is 12.8. The van der Waals surface area contributed by atoms with Gasteiger partial charge in [0.1, 0.15) is 12.1 Å². The molecule has 236 valence electrons. The van der Waals surface area contributed by atoms with E-state index in [1.807, 2.05) is 39.0 Å². The first-order valence-electron chi connectivity index (χ1n) is 13.6. The number of carbonyl (C=O) groups is 2. The number of aryl methyl sites for hydroxylation is 3. The summed E-state index contributed by atoms with van der Waals surface area (Å²) in [6.45, 7) is 6.05. The van der Waals surface area contributed by atoms with E-state index in [2.05, 4.69) is 30.1 Å². The fourth-order valence-corrected chi connectivity index (χ4v) is 5.34. The van der Waals surface area contributed by atoms with Crippen molar-refractivity contribution in [2.24, 2.45) is 4.99 Å². The summed E-state index contributed by atoms with van der Waals surface area (Å²) in [5, 5.41) is 7.40. The first-order chi connectivity index (χ1) is 20.9. The highest BCUT2D eigenvalue weighted by Gasteiger charge is 2.33. The van der Waals surface area contributed by atoms with Crippen molar-refractivity contribution in [3.8, 4) is 11.4 Å². The zero-order valence-electron chi connectivity index (χ0n) is 24.0. The third-order valence-corrected chi connectivity index (χ3v) is 7.49. The number of nitrogens with one attached hydrogen (secondary N) is 1. The summed E-state index contributed by atoms with van der Waals surface area (Å²) in [4.78, 5) is 39.9. The van der Waals surface area contributed by atoms with E-state index in [1.54, 1.807) is 12.1 Å². The Morgan fingerprint density at radius 2 is 1.84 bits per heavy atom. The maximum absolute atomic E-state index is 12.8. The van der Waals surface area contributed by atoms with Crippen LogP contribution in [0, 0.1) is 6.92 Å². The number of ether oxygens (including phenoxy) is 1. The molecule has 2 aromatic heterocycles. The second kappa shape index (κ2) is 13.9. The number of benzene rings is 2. The number of rotatable bonds is 8. The zero-order chi connectivity index (χ0) is 31.4. The number of amidine groups is 1. The standard InChI is InChI=1S/C30H28F3N7O3S.CH4/c1-18(2)24-12-4-19(3)14-25(24)40-27(41)16-44-29(40)37-28(42)36-21-6-5-20(34-15-21)7-13-26-35-17-39(38-26)22-8-10-23(11-9-22)43-30(31,32)33;/h4-6,8-12,14-15,17-18H,7,13,16H2,1-3H3,(H,36,42);1H4. The molecule has 4 aromatic rings. The molecule has 3 amide bonds. The van der Waals surface area contributed by atoms with Gasteiger partial charge in [-0.3, -0.25) is 14.7 Å². The van der Waals surface area contributed by atoms with E-state index in [0.29, 0.717) is 35.2 Å². The topological polar surface area (TPSA) is 115 Å². The normalized spacial score (nSPS) is 14.2. The second-order valence-electron chi connectivity index (χ2n) is 10.2. The summed E-state index contributed by atoms with van der Waals surface area (Å²) < 4.78 is 42.5. The molecule has 1 aliphatic rings. The van der Waals surface area contributed by atoms with E-state index in [0.717, 1.165) is 22.5 Å². The van der Waals surface area contributed by atoms with Crippen molar-refractivity contribution in [1.82, 2.24) is 19.7 Å². The van der Waals surface area contributed by atoms with Crippen LogP contribution in [0.4, 0.5) is 29.3 Å². The number of halogens is 3. The Balaban J connectivity index is 0.00000461. The van der Waals surface area contributed by atoms with Crippen LogP contribution in [0.2, 0.25) is 0 Å². The molecule has 45 heavy (non-hydrogen) atoms. The molecule has 0 spiro atoms. The number of carbonyl (C=O) groups excluding carboxylic acids is 2. The van der Waals surface area contributed by atoms with Crippen molar-refractivity contribution in [2.75, 3.05) is 16.0 Å². The van der Waals surface area contributed by atoms with Crippen LogP contribution in [0.5, 0.6) is 5.75 Å². The molecular weight excluding hydrogens is 607 g/mol. The molecule has 0 saturated carbocycles. The Morgan fingerprint density at radius 3 is 2.51 bits per heavy atom. The van der Waals surface area contributed by atoms with E-state index in [1.165, 1.54) is 58.1 Å². The molecule has 1 fully saturated rings. The van der Waals surface area contributed by atoms with E-state index in [-0.39, 0.29) is 30.8 Å². The van der Waals surface area contributed by atoms with Crippen LogP contribution in [0.1, 0.15) is 49.8 Å². The Kier molecular flexibility index (Phi) is 10.3. The summed E-state index contributed by atoms with van der Waals surface area (Å²) in [5.41, 5.74) is 4.45. The highest BCUT2D eigenvalue weighted by Crippen LogP contribution is 2.34. The van der Waals surface area contributed by atoms with Crippen LogP contribution in [0.15, 0.2) is 72.1 Å². The molecule has 1 aliphatic heterocycles. The van der Waals surface area contributed by atoms with E-state index in [4.69, 9.17) is 0 Å². The summed E-state index contributed by atoms with van der Waals surface area (Å²) in [5.74, 6) is 0.449. The van der Waals surface area contributed by atoms with Crippen molar-refractivity contribution in [1.29, 1.82) is 0 Å². The van der Waals surface area contributed by atoms with Crippen LogP contribution >= 0.6 is 11.8 Å². The van der Waals surface area contributed by atoms with Crippen LogP contribution in [0.25, 0.3) is 5.69 Å². The van der Waals surface area contributed by atoms with Gasteiger partial charge in [-0.2, -0.15) is 10.1 Å². The largest absolute Gasteiger partial charge is 0.573 e. The van der Waals surface area contributed by atoms with Crippen LogP contribution in [-0.4, -0.2) is 49.0 Å². The highest BCUT2D eigenvalue weighted by atomic mass is 32.2. The summed E-state index contributed by atoms with van der Waals surface area (Å²) in [7, 11) is 0. The van der Waals surface area contributed by atoms with Gasteiger partial charge in [0.25, 0.3) is 0 Å². The highest BCUT2D eigenvalue weighted by molar-refractivity contribution is 8.15. The lowest BCUT2D eigenvalue weighted by Gasteiger charge is -2.22. The molecule has 1 saturated heterocycles. The number of amides is 3. The van der Waals surface area contributed by atoms with Gasteiger partial charge in [-0.15, -0.1) is 13.2 Å². The maximum Gasteiger partial charge on any atom is 0.573 e. The average molecular weight is 640 g/mol. The molecule has 14 heteroatoms. The summed E-state index contributed by atoms with van der Waals surface area (Å²) in [6.07, 6.45) is -0.783. The number of aromatic nitrogens is 4. The predicted molar refractivity (Wildman–Crippen MR) is 168 cm³/mol. The fraction of sp³-hybridized carbons (Fsp3) is 0.290. The number of thioether (sulfide) groups is 1. The Bertz CT molecular complexity index is 1690. The first-order valence-corrected chi connectivity index (χ1v) is 14.6. The van der Waals surface area contributed by atoms with Crippen LogP contribution in [0.3, 0.4) is 0 Å². The van der Waals surface area contributed by atoms with Gasteiger partial charge in [0.15, 0.2) is 11.0 Å². The SMILES string of the molecule is C.Cc1ccc(C(C)C)c(N2C(=O)CSC2=NC(=O)Nc2ccc(CCc3ncn(-c4ccc(OC(F)(F)F)cc4)n3)nc2)c1. The Morgan fingerprint density at radius 1 is 1.09 bits per heavy atom.